The zero-order valence-corrected chi connectivity index (χ0v) is 27.3. The molecule has 236 valence electrons. The van der Waals surface area contributed by atoms with Gasteiger partial charge in [0.15, 0.2) is 0 Å². The first kappa shape index (κ1) is 33.4. The number of benzene rings is 4. The Hall–Kier alpha value is -4.49. The van der Waals surface area contributed by atoms with E-state index < -0.39 is 9.84 Å². The molecule has 0 amide bonds. The first-order valence-corrected chi connectivity index (χ1v) is 16.6. The van der Waals surface area contributed by atoms with Crippen LogP contribution in [0.5, 0.6) is 23.0 Å². The lowest BCUT2D eigenvalue weighted by Gasteiger charge is -2.26. The maximum atomic E-state index is 13.0. The van der Waals surface area contributed by atoms with Crippen LogP contribution < -0.4 is 14.2 Å². The first-order chi connectivity index (χ1) is 21.7. The molecule has 0 saturated heterocycles. The van der Waals surface area contributed by atoms with E-state index >= 15 is 0 Å². The molecule has 0 aromatic heterocycles. The van der Waals surface area contributed by atoms with E-state index in [0.29, 0.717) is 30.5 Å². The van der Waals surface area contributed by atoms with Crippen molar-refractivity contribution in [2.75, 3.05) is 20.3 Å². The van der Waals surface area contributed by atoms with Gasteiger partial charge in [-0.1, -0.05) is 44.7 Å². The van der Waals surface area contributed by atoms with Crippen LogP contribution in [0.15, 0.2) is 131 Å². The number of rotatable bonds is 16. The molecule has 0 N–H and O–H groups in total. The van der Waals surface area contributed by atoms with Gasteiger partial charge in [0.2, 0.25) is 9.84 Å². The number of sulfone groups is 1. The highest BCUT2D eigenvalue weighted by atomic mass is 32.2. The van der Waals surface area contributed by atoms with Crippen LogP contribution >= 0.6 is 0 Å². The second kappa shape index (κ2) is 15.5. The van der Waals surface area contributed by atoms with Gasteiger partial charge in [-0.15, -0.1) is 0 Å². The predicted molar refractivity (Wildman–Crippen MR) is 179 cm³/mol. The summed E-state index contributed by atoms with van der Waals surface area (Å²) in [7, 11) is -2.10. The second-order valence-corrected chi connectivity index (χ2v) is 13.0. The SMILES string of the molecule is C=C/C(=C/C)OCCCCCOc1ccc(C(C)(C)c2ccc(Oc3ccc(S(=O)(=O)c4ccc(OC)cc4)cc3)cc2)cc1. The Morgan fingerprint density at radius 3 is 1.64 bits per heavy atom. The topological polar surface area (TPSA) is 71.1 Å². The van der Waals surface area contributed by atoms with Crippen molar-refractivity contribution < 1.29 is 27.4 Å². The maximum absolute atomic E-state index is 13.0. The molecule has 0 radical (unpaired) electrons. The molecule has 0 bridgehead atoms. The van der Waals surface area contributed by atoms with Crippen LogP contribution in [0.25, 0.3) is 0 Å². The summed E-state index contributed by atoms with van der Waals surface area (Å²) in [4.78, 5) is 0.403. The van der Waals surface area contributed by atoms with E-state index in [1.165, 1.54) is 17.7 Å². The summed E-state index contributed by atoms with van der Waals surface area (Å²) in [6.07, 6.45) is 6.63. The lowest BCUT2D eigenvalue weighted by molar-refractivity contribution is 0.212. The van der Waals surface area contributed by atoms with Gasteiger partial charge in [-0.05, 0) is 122 Å². The Kier molecular flexibility index (Phi) is 11.5. The summed E-state index contributed by atoms with van der Waals surface area (Å²) in [5, 5.41) is 0. The molecule has 7 heteroatoms. The predicted octanol–water partition coefficient (Wildman–Crippen LogP) is 9.30. The molecule has 0 aliphatic carbocycles. The minimum absolute atomic E-state index is 0.196. The number of ether oxygens (including phenoxy) is 4. The number of allylic oxidation sites excluding steroid dienone is 2. The maximum Gasteiger partial charge on any atom is 0.206 e. The van der Waals surface area contributed by atoms with Crippen molar-refractivity contribution in [2.45, 2.75) is 55.2 Å². The molecule has 0 unspecified atom stereocenters. The minimum atomic E-state index is -3.65. The molecule has 0 atom stereocenters. The summed E-state index contributed by atoms with van der Waals surface area (Å²) in [6, 6.07) is 29.0. The second-order valence-electron chi connectivity index (χ2n) is 11.1. The van der Waals surface area contributed by atoms with Gasteiger partial charge < -0.3 is 18.9 Å². The molecule has 4 aromatic carbocycles. The molecular formula is C38H42O6S. The van der Waals surface area contributed by atoms with E-state index in [-0.39, 0.29) is 15.2 Å². The van der Waals surface area contributed by atoms with Crippen molar-refractivity contribution in [3.05, 3.63) is 133 Å². The summed E-state index contributed by atoms with van der Waals surface area (Å²) >= 11 is 0. The summed E-state index contributed by atoms with van der Waals surface area (Å²) in [5.74, 6) is 3.50. The first-order valence-electron chi connectivity index (χ1n) is 15.1. The molecule has 45 heavy (non-hydrogen) atoms. The van der Waals surface area contributed by atoms with Gasteiger partial charge in [0.1, 0.15) is 28.8 Å². The van der Waals surface area contributed by atoms with Gasteiger partial charge in [0, 0.05) is 5.41 Å². The van der Waals surface area contributed by atoms with Crippen LogP contribution in [0.4, 0.5) is 0 Å². The van der Waals surface area contributed by atoms with Crippen LogP contribution in [0.2, 0.25) is 0 Å². The van der Waals surface area contributed by atoms with E-state index in [1.54, 1.807) is 49.6 Å². The minimum Gasteiger partial charge on any atom is -0.497 e. The molecular weight excluding hydrogens is 584 g/mol. The monoisotopic (exact) mass is 626 g/mol. The van der Waals surface area contributed by atoms with Crippen LogP contribution in [0, 0.1) is 0 Å². The Labute approximate surface area is 267 Å². The Balaban J connectivity index is 1.29. The zero-order chi connectivity index (χ0) is 32.3. The van der Waals surface area contributed by atoms with Crippen LogP contribution in [0.1, 0.15) is 51.2 Å². The smallest absolute Gasteiger partial charge is 0.206 e. The lowest BCUT2D eigenvalue weighted by Crippen LogP contribution is -2.18. The van der Waals surface area contributed by atoms with Crippen LogP contribution in [-0.4, -0.2) is 28.7 Å². The fraction of sp³-hybridized carbons (Fsp3) is 0.263. The van der Waals surface area contributed by atoms with Crippen LogP contribution in [-0.2, 0) is 20.0 Å². The van der Waals surface area contributed by atoms with E-state index in [2.05, 4.69) is 44.7 Å². The molecule has 0 heterocycles. The Morgan fingerprint density at radius 2 is 1.16 bits per heavy atom. The molecule has 0 aliphatic rings. The van der Waals surface area contributed by atoms with E-state index in [1.807, 2.05) is 37.3 Å². The van der Waals surface area contributed by atoms with E-state index in [9.17, 15) is 8.42 Å². The molecule has 0 aliphatic heterocycles. The van der Waals surface area contributed by atoms with Gasteiger partial charge in [-0.3, -0.25) is 0 Å². The van der Waals surface area contributed by atoms with Gasteiger partial charge in [0.05, 0.1) is 30.1 Å². The summed E-state index contributed by atoms with van der Waals surface area (Å²) < 4.78 is 48.7. The highest BCUT2D eigenvalue weighted by molar-refractivity contribution is 7.91. The number of hydrogen-bond donors (Lipinski definition) is 0. The number of methoxy groups -OCH3 is 1. The van der Waals surface area contributed by atoms with Gasteiger partial charge in [-0.25, -0.2) is 8.42 Å². The van der Waals surface area contributed by atoms with Gasteiger partial charge in [0.25, 0.3) is 0 Å². The Bertz CT molecular complexity index is 1650. The van der Waals surface area contributed by atoms with Gasteiger partial charge >= 0.3 is 0 Å². The average Bonchev–Trinajstić information content (AvgIpc) is 3.07. The van der Waals surface area contributed by atoms with Crippen molar-refractivity contribution in [1.82, 2.24) is 0 Å². The quantitative estimate of drug-likeness (QED) is 0.0701. The van der Waals surface area contributed by atoms with Crippen molar-refractivity contribution in [2.24, 2.45) is 0 Å². The standard InChI is InChI=1S/C38H42O6S/c1-6-31(7-2)42-27-9-8-10-28-43-33-15-11-29(12-16-33)38(3,4)30-13-17-34(18-14-30)44-35-21-25-37(26-22-35)45(39,40)36-23-19-32(41-5)20-24-36/h6-7,11-26H,1,8-10,27-28H2,2-5H3/b31-7-. The van der Waals surface area contributed by atoms with Crippen molar-refractivity contribution in [3.8, 4) is 23.0 Å². The van der Waals surface area contributed by atoms with E-state index in [0.717, 1.165) is 36.3 Å². The molecule has 4 aromatic rings. The normalized spacial score (nSPS) is 12.0. The highest BCUT2D eigenvalue weighted by Gasteiger charge is 2.23. The summed E-state index contributed by atoms with van der Waals surface area (Å²) in [6.45, 7) is 11.4. The zero-order valence-electron chi connectivity index (χ0n) is 26.5. The highest BCUT2D eigenvalue weighted by Crippen LogP contribution is 2.34. The van der Waals surface area contributed by atoms with Crippen molar-refractivity contribution in [1.29, 1.82) is 0 Å². The van der Waals surface area contributed by atoms with Crippen molar-refractivity contribution in [3.63, 3.8) is 0 Å². The molecule has 4 rings (SSSR count). The molecule has 0 saturated carbocycles. The average molecular weight is 627 g/mol. The summed E-state index contributed by atoms with van der Waals surface area (Å²) in [5.41, 5.74) is 2.09. The number of unbranched alkanes of at least 4 members (excludes halogenated alkanes) is 2. The molecule has 6 nitrogen and oxygen atoms in total. The largest absolute Gasteiger partial charge is 0.497 e. The van der Waals surface area contributed by atoms with Gasteiger partial charge in [-0.2, -0.15) is 0 Å². The number of hydrogen-bond acceptors (Lipinski definition) is 6. The third-order valence-corrected chi connectivity index (χ3v) is 9.49. The van der Waals surface area contributed by atoms with Crippen LogP contribution in [0.3, 0.4) is 0 Å². The third kappa shape index (κ3) is 8.79. The Morgan fingerprint density at radius 1 is 0.689 bits per heavy atom. The fourth-order valence-electron chi connectivity index (χ4n) is 4.81. The van der Waals surface area contributed by atoms with E-state index in [4.69, 9.17) is 18.9 Å². The third-order valence-electron chi connectivity index (χ3n) is 7.70. The molecule has 0 spiro atoms. The molecule has 0 fully saturated rings. The van der Waals surface area contributed by atoms with Crippen molar-refractivity contribution >= 4 is 9.84 Å². The lowest BCUT2D eigenvalue weighted by atomic mass is 9.78. The fourth-order valence-corrected chi connectivity index (χ4v) is 6.07.